The Morgan fingerprint density at radius 2 is 1.93 bits per heavy atom. The molecule has 2 heterocycles. The number of sulfonamides is 1. The van der Waals surface area contributed by atoms with Crippen molar-refractivity contribution in [1.82, 2.24) is 19.7 Å². The minimum atomic E-state index is -4.30. The highest BCUT2D eigenvalue weighted by molar-refractivity contribution is 7.93. The van der Waals surface area contributed by atoms with Gasteiger partial charge in [-0.1, -0.05) is 18.7 Å². The summed E-state index contributed by atoms with van der Waals surface area (Å²) in [5, 5.41) is 16.2. The fraction of sp³-hybridized carbons (Fsp3) is 0.286. The maximum atomic E-state index is 14.8. The molecular formula is C28H31FN6O5S. The van der Waals surface area contributed by atoms with E-state index in [-0.39, 0.29) is 28.7 Å². The summed E-state index contributed by atoms with van der Waals surface area (Å²) in [5.74, 6) is -0.0858. The number of methoxy groups -OCH3 is 3. The molecule has 3 rings (SSSR count). The average Bonchev–Trinajstić information content (AvgIpc) is 3.35. The van der Waals surface area contributed by atoms with Crippen molar-refractivity contribution in [2.24, 2.45) is 0 Å². The Morgan fingerprint density at radius 1 is 1.20 bits per heavy atom. The molecule has 41 heavy (non-hydrogen) atoms. The number of allylic oxidation sites excluding steroid dienone is 4. The van der Waals surface area contributed by atoms with Crippen molar-refractivity contribution in [3.05, 3.63) is 89.4 Å². The number of ether oxygens (including phenoxy) is 3. The summed E-state index contributed by atoms with van der Waals surface area (Å²) in [5.41, 5.74) is 1.74. The second-order valence-corrected chi connectivity index (χ2v) is 10.9. The van der Waals surface area contributed by atoms with Crippen LogP contribution in [0.25, 0.3) is 17.1 Å². The lowest BCUT2D eigenvalue weighted by Crippen LogP contribution is -2.33. The van der Waals surface area contributed by atoms with Gasteiger partial charge in [-0.25, -0.2) is 12.8 Å². The van der Waals surface area contributed by atoms with E-state index in [1.807, 2.05) is 19.1 Å². The van der Waals surface area contributed by atoms with Crippen LogP contribution in [-0.2, 0) is 24.2 Å². The van der Waals surface area contributed by atoms with Gasteiger partial charge >= 0.3 is 0 Å². The van der Waals surface area contributed by atoms with Gasteiger partial charge in [-0.2, -0.15) is 5.26 Å². The van der Waals surface area contributed by atoms with Crippen molar-refractivity contribution in [3.8, 4) is 17.5 Å². The van der Waals surface area contributed by atoms with E-state index in [4.69, 9.17) is 19.5 Å². The fourth-order valence-corrected chi connectivity index (χ4v) is 5.25. The van der Waals surface area contributed by atoms with Gasteiger partial charge in [-0.3, -0.25) is 14.3 Å². The molecule has 0 aliphatic carbocycles. The Kier molecular flexibility index (Phi) is 9.99. The van der Waals surface area contributed by atoms with Crippen LogP contribution in [0.15, 0.2) is 66.9 Å². The first-order chi connectivity index (χ1) is 19.5. The molecule has 1 aromatic carbocycles. The second kappa shape index (κ2) is 13.2. The molecule has 3 aromatic rings. The van der Waals surface area contributed by atoms with Crippen LogP contribution in [0.3, 0.4) is 0 Å². The lowest BCUT2D eigenvalue weighted by atomic mass is 10.0. The van der Waals surface area contributed by atoms with Gasteiger partial charge < -0.3 is 14.2 Å². The minimum absolute atomic E-state index is 0.0243. The number of pyridine rings is 1. The fourth-order valence-electron chi connectivity index (χ4n) is 4.10. The molecule has 11 nitrogen and oxygen atoms in total. The number of hydrogen-bond acceptors (Lipinski definition) is 9. The molecule has 0 spiro atoms. The van der Waals surface area contributed by atoms with Gasteiger partial charge in [-0.05, 0) is 50.6 Å². The molecule has 0 radical (unpaired) electrons. The Labute approximate surface area is 238 Å². The van der Waals surface area contributed by atoms with Crippen molar-refractivity contribution < 1.29 is 27.0 Å². The Balaban J connectivity index is 2.20. The SMILES string of the molecule is C=C/C=C(OC)\C(=C(/C)OC)n1c(NS(=O)(=O)[C@@H](C)[C@H](OC)c2ccc(C#N)cc2F)nnc1-c1cncc(C)c1. The van der Waals surface area contributed by atoms with Crippen LogP contribution in [0.1, 0.15) is 36.6 Å². The highest BCUT2D eigenvalue weighted by Gasteiger charge is 2.35. The van der Waals surface area contributed by atoms with E-state index in [0.717, 1.165) is 11.6 Å². The molecule has 1 N–H and O–H groups in total. The van der Waals surface area contributed by atoms with Crippen molar-refractivity contribution in [3.63, 3.8) is 0 Å². The van der Waals surface area contributed by atoms with Crippen LogP contribution >= 0.6 is 0 Å². The van der Waals surface area contributed by atoms with E-state index in [2.05, 4.69) is 26.5 Å². The van der Waals surface area contributed by atoms with Crippen molar-refractivity contribution >= 4 is 21.7 Å². The van der Waals surface area contributed by atoms with Crippen LogP contribution in [-0.4, -0.2) is 54.7 Å². The van der Waals surface area contributed by atoms with E-state index in [9.17, 15) is 12.8 Å². The largest absolute Gasteiger partial charge is 0.499 e. The quantitative estimate of drug-likeness (QED) is 0.237. The van der Waals surface area contributed by atoms with Gasteiger partial charge in [0.2, 0.25) is 16.0 Å². The predicted molar refractivity (Wildman–Crippen MR) is 152 cm³/mol. The van der Waals surface area contributed by atoms with E-state index < -0.39 is 27.2 Å². The highest BCUT2D eigenvalue weighted by atomic mass is 32.2. The molecule has 2 aromatic heterocycles. The number of aryl methyl sites for hydroxylation is 1. The molecule has 13 heteroatoms. The summed E-state index contributed by atoms with van der Waals surface area (Å²) in [7, 11) is -0.137. The first-order valence-corrected chi connectivity index (χ1v) is 13.8. The maximum Gasteiger partial charge on any atom is 0.243 e. The predicted octanol–water partition coefficient (Wildman–Crippen LogP) is 4.73. The third-order valence-corrected chi connectivity index (χ3v) is 7.91. The summed E-state index contributed by atoms with van der Waals surface area (Å²) in [6.07, 6.45) is 5.08. The Bertz CT molecular complexity index is 1640. The van der Waals surface area contributed by atoms with Crippen LogP contribution in [0.2, 0.25) is 0 Å². The number of anilines is 1. The van der Waals surface area contributed by atoms with Crippen molar-refractivity contribution in [2.45, 2.75) is 32.1 Å². The van der Waals surface area contributed by atoms with Crippen LogP contribution in [0.5, 0.6) is 0 Å². The molecule has 0 bridgehead atoms. The van der Waals surface area contributed by atoms with Gasteiger partial charge in [0.25, 0.3) is 0 Å². The molecule has 0 saturated carbocycles. The van der Waals surface area contributed by atoms with Gasteiger partial charge in [-0.15, -0.1) is 10.2 Å². The number of benzene rings is 1. The van der Waals surface area contributed by atoms with E-state index in [1.165, 1.54) is 51.0 Å². The molecule has 2 atom stereocenters. The maximum absolute atomic E-state index is 14.8. The zero-order valence-electron chi connectivity index (χ0n) is 23.5. The van der Waals surface area contributed by atoms with Crippen LogP contribution in [0, 0.1) is 24.1 Å². The number of aromatic nitrogens is 4. The summed E-state index contributed by atoms with van der Waals surface area (Å²) < 4.78 is 62.7. The number of nitrogens with zero attached hydrogens (tertiary/aromatic N) is 5. The van der Waals surface area contributed by atoms with Crippen LogP contribution < -0.4 is 4.72 Å². The molecule has 0 fully saturated rings. The lowest BCUT2D eigenvalue weighted by Gasteiger charge is -2.24. The Hall–Kier alpha value is -4.54. The summed E-state index contributed by atoms with van der Waals surface area (Å²) >= 11 is 0. The molecule has 216 valence electrons. The smallest absolute Gasteiger partial charge is 0.243 e. The van der Waals surface area contributed by atoms with E-state index >= 15 is 0 Å². The van der Waals surface area contributed by atoms with E-state index in [1.54, 1.807) is 25.4 Å². The van der Waals surface area contributed by atoms with Gasteiger partial charge in [0.1, 0.15) is 34.4 Å². The normalized spacial score (nSPS) is 14.0. The van der Waals surface area contributed by atoms with Crippen LogP contribution in [0.4, 0.5) is 10.3 Å². The Morgan fingerprint density at radius 3 is 2.49 bits per heavy atom. The topological polar surface area (TPSA) is 141 Å². The molecule has 0 amide bonds. The van der Waals surface area contributed by atoms with Gasteiger partial charge in [0.15, 0.2) is 5.82 Å². The van der Waals surface area contributed by atoms with Crippen molar-refractivity contribution in [1.29, 1.82) is 5.26 Å². The lowest BCUT2D eigenvalue weighted by molar-refractivity contribution is 0.0992. The highest BCUT2D eigenvalue weighted by Crippen LogP contribution is 2.34. The first kappa shape index (κ1) is 31.0. The summed E-state index contributed by atoms with van der Waals surface area (Å²) in [6, 6.07) is 7.40. The third-order valence-electron chi connectivity index (χ3n) is 6.22. The first-order valence-electron chi connectivity index (χ1n) is 12.3. The molecule has 0 unspecified atom stereocenters. The number of hydrogen-bond donors (Lipinski definition) is 1. The zero-order valence-corrected chi connectivity index (χ0v) is 24.4. The summed E-state index contributed by atoms with van der Waals surface area (Å²) in [4.78, 5) is 4.23. The number of nitrogens with one attached hydrogen (secondary N) is 1. The average molecular weight is 583 g/mol. The molecule has 0 aliphatic heterocycles. The van der Waals surface area contributed by atoms with Crippen molar-refractivity contribution in [2.75, 3.05) is 26.1 Å². The summed E-state index contributed by atoms with van der Waals surface area (Å²) in [6.45, 7) is 8.61. The number of nitriles is 1. The molecule has 0 saturated heterocycles. The van der Waals surface area contributed by atoms with E-state index in [0.29, 0.717) is 17.0 Å². The molecule has 0 aliphatic rings. The minimum Gasteiger partial charge on any atom is -0.499 e. The zero-order chi connectivity index (χ0) is 30.3. The number of halogens is 1. The number of rotatable bonds is 12. The third kappa shape index (κ3) is 6.62. The standard InChI is InChI=1S/C28H31FN6O5S/c1-8-9-24(39-6)25(18(3)38-5)35-27(21-12-17(2)15-31-16-21)32-33-28(35)34-41(36,37)19(4)26(40-7)22-11-10-20(14-30)13-23(22)29/h8-13,15-16,19,26H,1H2,2-7H3,(H,33,34)/b24-9+,25-18-/t19-,26-/m0/s1. The monoisotopic (exact) mass is 582 g/mol. The van der Waals surface area contributed by atoms with Gasteiger partial charge in [0.05, 0.1) is 25.9 Å². The van der Waals surface area contributed by atoms with Gasteiger partial charge in [0, 0.05) is 30.6 Å². The second-order valence-electron chi connectivity index (χ2n) is 8.87. The molecular weight excluding hydrogens is 551 g/mol.